The minimum Gasteiger partial charge on any atom is -0.481 e. The van der Waals surface area contributed by atoms with Gasteiger partial charge in [-0.15, -0.1) is 0 Å². The number of hydrogen-bond donors (Lipinski definition) is 2. The van der Waals surface area contributed by atoms with E-state index in [0.717, 1.165) is 12.2 Å². The highest BCUT2D eigenvalue weighted by Crippen LogP contribution is 2.18. The van der Waals surface area contributed by atoms with Crippen molar-refractivity contribution < 1.29 is 19.1 Å². The van der Waals surface area contributed by atoms with Gasteiger partial charge in [-0.1, -0.05) is 6.92 Å². The Morgan fingerprint density at radius 2 is 2.21 bits per heavy atom. The molecule has 0 aliphatic rings. The normalized spacial score (nSPS) is 12.2. The number of aliphatic carboxylic acids is 1. The summed E-state index contributed by atoms with van der Waals surface area (Å²) < 4.78 is 5.16. The van der Waals surface area contributed by atoms with Crippen LogP contribution < -0.4 is 5.32 Å². The fraction of sp³-hybridized carbons (Fsp3) is 0.538. The molecule has 0 aliphatic carbocycles. The third kappa shape index (κ3) is 4.31. The number of carbonyl (C=O) groups excluding carboxylic acids is 1. The van der Waals surface area contributed by atoms with Crippen LogP contribution in [0.4, 0.5) is 0 Å². The molecule has 1 aromatic rings. The van der Waals surface area contributed by atoms with Crippen LogP contribution in [0, 0.1) is 6.92 Å². The predicted molar refractivity (Wildman–Crippen MR) is 74.7 cm³/mol. The summed E-state index contributed by atoms with van der Waals surface area (Å²) in [6.07, 6.45) is 3.95. The number of thioether (sulfide) groups is 1. The Balaban J connectivity index is 2.86. The van der Waals surface area contributed by atoms with Gasteiger partial charge in [-0.2, -0.15) is 11.8 Å². The average molecular weight is 285 g/mol. The second-order valence-electron chi connectivity index (χ2n) is 4.32. The van der Waals surface area contributed by atoms with Gasteiger partial charge < -0.3 is 14.8 Å². The Labute approximate surface area is 116 Å². The number of nitrogens with one attached hydrogen (secondary N) is 1. The second-order valence-corrected chi connectivity index (χ2v) is 5.23. The molecule has 6 heteroatoms. The molecule has 1 rings (SSSR count). The smallest absolute Gasteiger partial charge is 0.311 e. The lowest BCUT2D eigenvalue weighted by atomic mass is 10.1. The van der Waals surface area contributed by atoms with Crippen LogP contribution >= 0.6 is 11.8 Å². The van der Waals surface area contributed by atoms with Gasteiger partial charge in [0.2, 0.25) is 0 Å². The summed E-state index contributed by atoms with van der Waals surface area (Å²) in [6, 6.07) is 0.0782. The van der Waals surface area contributed by atoms with Crippen molar-refractivity contribution in [3.63, 3.8) is 0 Å². The van der Waals surface area contributed by atoms with Crippen LogP contribution in [0.25, 0.3) is 0 Å². The zero-order chi connectivity index (χ0) is 14.4. The van der Waals surface area contributed by atoms with Crippen molar-refractivity contribution in [2.75, 3.05) is 12.0 Å². The van der Waals surface area contributed by atoms with E-state index in [4.69, 9.17) is 9.52 Å². The number of amides is 1. The third-order valence-corrected chi connectivity index (χ3v) is 3.52. The summed E-state index contributed by atoms with van der Waals surface area (Å²) in [5.41, 5.74) is 1.01. The number of rotatable bonds is 7. The monoisotopic (exact) mass is 285 g/mol. The van der Waals surface area contributed by atoms with E-state index in [1.807, 2.05) is 13.2 Å². The molecule has 106 valence electrons. The summed E-state index contributed by atoms with van der Waals surface area (Å²) >= 11 is 1.66. The minimum atomic E-state index is -1.01. The largest absolute Gasteiger partial charge is 0.481 e. The Hall–Kier alpha value is -1.43. The SMILES string of the molecule is CCC(CSC)NC(=O)c1c(C)coc1CC(=O)O. The van der Waals surface area contributed by atoms with Crippen molar-refractivity contribution >= 4 is 23.6 Å². The molecule has 5 nitrogen and oxygen atoms in total. The standard InChI is InChI=1S/C13H19NO4S/c1-4-9(7-19-3)14-13(17)12-8(2)6-18-10(12)5-11(15)16/h6,9H,4-5,7H2,1-3H3,(H,14,17)(H,15,16). The van der Waals surface area contributed by atoms with Crippen LogP contribution in [0.1, 0.15) is 35.0 Å². The average Bonchev–Trinajstić information content (AvgIpc) is 2.69. The summed E-state index contributed by atoms with van der Waals surface area (Å²) in [7, 11) is 0. The molecule has 0 saturated heterocycles. The Kier molecular flexibility index (Phi) is 5.95. The third-order valence-electron chi connectivity index (χ3n) is 2.79. The first-order chi connectivity index (χ1) is 8.99. The van der Waals surface area contributed by atoms with Gasteiger partial charge in [-0.05, 0) is 19.6 Å². The number of carboxylic acids is 1. The lowest BCUT2D eigenvalue weighted by molar-refractivity contribution is -0.136. The number of carboxylic acid groups (broad SMARTS) is 1. The van der Waals surface area contributed by atoms with Gasteiger partial charge in [0.05, 0.1) is 11.8 Å². The van der Waals surface area contributed by atoms with E-state index in [1.165, 1.54) is 6.26 Å². The molecule has 0 saturated carbocycles. The molecule has 1 heterocycles. The Morgan fingerprint density at radius 1 is 1.53 bits per heavy atom. The van der Waals surface area contributed by atoms with Gasteiger partial charge in [0.25, 0.3) is 5.91 Å². The van der Waals surface area contributed by atoms with E-state index in [0.29, 0.717) is 11.1 Å². The molecule has 1 amide bonds. The molecular formula is C13H19NO4S. The van der Waals surface area contributed by atoms with E-state index >= 15 is 0 Å². The molecule has 1 atom stereocenters. The first kappa shape index (κ1) is 15.6. The zero-order valence-corrected chi connectivity index (χ0v) is 12.2. The highest BCUT2D eigenvalue weighted by Gasteiger charge is 2.22. The van der Waals surface area contributed by atoms with Crippen molar-refractivity contribution in [3.8, 4) is 0 Å². The van der Waals surface area contributed by atoms with E-state index < -0.39 is 5.97 Å². The lowest BCUT2D eigenvalue weighted by Gasteiger charge is -2.15. The lowest BCUT2D eigenvalue weighted by Crippen LogP contribution is -2.36. The zero-order valence-electron chi connectivity index (χ0n) is 11.4. The molecule has 0 bridgehead atoms. The quantitative estimate of drug-likeness (QED) is 0.802. The van der Waals surface area contributed by atoms with Crippen LogP contribution in [0.2, 0.25) is 0 Å². The summed E-state index contributed by atoms with van der Waals surface area (Å²) in [5.74, 6) is -0.239. The molecule has 2 N–H and O–H groups in total. The molecule has 1 aromatic heterocycles. The van der Waals surface area contributed by atoms with Gasteiger partial charge >= 0.3 is 5.97 Å². The van der Waals surface area contributed by atoms with Gasteiger partial charge in [0, 0.05) is 17.4 Å². The van der Waals surface area contributed by atoms with Gasteiger partial charge in [-0.25, -0.2) is 0 Å². The van der Waals surface area contributed by atoms with Gasteiger partial charge in [0.15, 0.2) is 0 Å². The Bertz CT molecular complexity index is 455. The maximum Gasteiger partial charge on any atom is 0.311 e. The fourth-order valence-electron chi connectivity index (χ4n) is 1.79. The molecule has 0 radical (unpaired) electrons. The van der Waals surface area contributed by atoms with Crippen molar-refractivity contribution in [2.45, 2.75) is 32.7 Å². The van der Waals surface area contributed by atoms with Crippen LogP contribution in [0.5, 0.6) is 0 Å². The van der Waals surface area contributed by atoms with Gasteiger partial charge in [0.1, 0.15) is 12.2 Å². The number of furan rings is 1. The molecular weight excluding hydrogens is 266 g/mol. The molecule has 0 aromatic carbocycles. The molecule has 0 fully saturated rings. The second kappa shape index (κ2) is 7.23. The van der Waals surface area contributed by atoms with Crippen molar-refractivity contribution in [3.05, 3.63) is 23.2 Å². The molecule has 0 spiro atoms. The van der Waals surface area contributed by atoms with Crippen LogP contribution in [0.3, 0.4) is 0 Å². The maximum atomic E-state index is 12.2. The van der Waals surface area contributed by atoms with Crippen LogP contribution in [0.15, 0.2) is 10.7 Å². The van der Waals surface area contributed by atoms with E-state index in [9.17, 15) is 9.59 Å². The number of hydrogen-bond acceptors (Lipinski definition) is 4. The van der Waals surface area contributed by atoms with E-state index in [1.54, 1.807) is 18.7 Å². The van der Waals surface area contributed by atoms with Crippen molar-refractivity contribution in [1.29, 1.82) is 0 Å². The highest BCUT2D eigenvalue weighted by atomic mass is 32.2. The summed E-state index contributed by atoms with van der Waals surface area (Å²) in [5, 5.41) is 11.7. The van der Waals surface area contributed by atoms with Crippen molar-refractivity contribution in [1.82, 2.24) is 5.32 Å². The predicted octanol–water partition coefficient (Wildman–Crippen LogP) is 2.09. The topological polar surface area (TPSA) is 79.5 Å². The van der Waals surface area contributed by atoms with Crippen molar-refractivity contribution in [2.24, 2.45) is 0 Å². The maximum absolute atomic E-state index is 12.2. The molecule has 0 aliphatic heterocycles. The summed E-state index contributed by atoms with van der Waals surface area (Å²) in [4.78, 5) is 22.9. The highest BCUT2D eigenvalue weighted by molar-refractivity contribution is 7.98. The minimum absolute atomic E-state index is 0.0782. The van der Waals surface area contributed by atoms with Crippen LogP contribution in [-0.2, 0) is 11.2 Å². The first-order valence-electron chi connectivity index (χ1n) is 6.08. The molecule has 1 unspecified atom stereocenters. The first-order valence-corrected chi connectivity index (χ1v) is 7.47. The van der Waals surface area contributed by atoms with Gasteiger partial charge in [-0.3, -0.25) is 9.59 Å². The number of aryl methyl sites for hydroxylation is 1. The van der Waals surface area contributed by atoms with E-state index in [-0.39, 0.29) is 24.1 Å². The van der Waals surface area contributed by atoms with Crippen LogP contribution in [-0.4, -0.2) is 35.0 Å². The van der Waals surface area contributed by atoms with E-state index in [2.05, 4.69) is 5.32 Å². The number of carbonyl (C=O) groups is 2. The fourth-order valence-corrected chi connectivity index (χ4v) is 2.51. The molecule has 19 heavy (non-hydrogen) atoms. The summed E-state index contributed by atoms with van der Waals surface area (Å²) in [6.45, 7) is 3.74. The Morgan fingerprint density at radius 3 is 2.74 bits per heavy atom.